The number of amides is 8. The molecule has 0 saturated carbocycles. The van der Waals surface area contributed by atoms with Crippen LogP contribution in [0, 0.1) is 17.6 Å². The lowest BCUT2D eigenvalue weighted by Crippen LogP contribution is -2.62. The summed E-state index contributed by atoms with van der Waals surface area (Å²) < 4.78 is 29.2. The summed E-state index contributed by atoms with van der Waals surface area (Å²) in [6.45, 7) is 4.60. The van der Waals surface area contributed by atoms with Crippen molar-refractivity contribution in [1.29, 1.82) is 0 Å². The molecule has 15 N–H and O–H groups in total. The number of thiol groups is 2. The van der Waals surface area contributed by atoms with Crippen LogP contribution >= 0.6 is 25.3 Å². The summed E-state index contributed by atoms with van der Waals surface area (Å²) in [5.74, 6) is -10.5. The number of halogens is 2. The van der Waals surface area contributed by atoms with Gasteiger partial charge in [0.2, 0.25) is 47.3 Å². The second-order valence-electron chi connectivity index (χ2n) is 18.7. The van der Waals surface area contributed by atoms with Crippen LogP contribution < -0.4 is 54.4 Å². The number of nitrogens with two attached hydrogens (primary N) is 3. The molecule has 412 valence electrons. The molecule has 0 aromatic heterocycles. The lowest BCUT2D eigenvalue weighted by Gasteiger charge is -2.29. The summed E-state index contributed by atoms with van der Waals surface area (Å²) in [5.41, 5.74) is 18.4. The van der Waals surface area contributed by atoms with E-state index >= 15 is 0 Å². The second-order valence-corrected chi connectivity index (χ2v) is 19.4. The average molecular weight is 1100 g/mol. The Morgan fingerprint density at radius 1 is 0.539 bits per heavy atom. The zero-order chi connectivity index (χ0) is 56.2. The molecule has 0 aliphatic carbocycles. The van der Waals surface area contributed by atoms with Gasteiger partial charge in [0.25, 0.3) is 0 Å². The van der Waals surface area contributed by atoms with Gasteiger partial charge in [0.15, 0.2) is 0 Å². The van der Waals surface area contributed by atoms with Gasteiger partial charge in [0.1, 0.15) is 59.7 Å². The van der Waals surface area contributed by atoms with Crippen LogP contribution in [0.4, 0.5) is 8.78 Å². The third-order valence-electron chi connectivity index (χ3n) is 12.2. The molecule has 0 saturated heterocycles. The predicted molar refractivity (Wildman–Crippen MR) is 287 cm³/mol. The van der Waals surface area contributed by atoms with Crippen molar-refractivity contribution >= 4 is 83.3 Å². The maximum absolute atomic E-state index is 14.6. The minimum absolute atomic E-state index is 0.0612. The number of unbranched alkanes of at least 4 members (excludes halogenated alkanes) is 1. The van der Waals surface area contributed by atoms with E-state index in [9.17, 15) is 57.4 Å². The fourth-order valence-electron chi connectivity index (χ4n) is 7.94. The molecule has 24 heteroatoms. The van der Waals surface area contributed by atoms with Crippen LogP contribution in [0.25, 0.3) is 10.8 Å². The minimum Gasteiger partial charge on any atom is -0.508 e. The van der Waals surface area contributed by atoms with Crippen LogP contribution in [-0.2, 0) is 57.6 Å². The van der Waals surface area contributed by atoms with E-state index in [0.717, 1.165) is 28.5 Å². The molecule has 0 fully saturated rings. The van der Waals surface area contributed by atoms with Gasteiger partial charge in [-0.3, -0.25) is 38.4 Å². The Bertz CT molecular complexity index is 2650. The number of phenolic OH excluding ortho intramolecular Hbond substituents is 1. The molecule has 4 rings (SSSR count). The van der Waals surface area contributed by atoms with Crippen molar-refractivity contribution in [2.24, 2.45) is 23.1 Å². The molecule has 4 aromatic carbocycles. The van der Waals surface area contributed by atoms with E-state index in [4.69, 9.17) is 17.2 Å². The Hall–Kier alpha value is -6.86. The smallest absolute Gasteiger partial charge is 0.244 e. The third kappa shape index (κ3) is 19.1. The first-order valence-corrected chi connectivity index (χ1v) is 25.8. The van der Waals surface area contributed by atoms with Crippen molar-refractivity contribution in [2.45, 2.75) is 114 Å². The lowest BCUT2D eigenvalue weighted by molar-refractivity contribution is -0.136. The van der Waals surface area contributed by atoms with Gasteiger partial charge in [0, 0.05) is 30.4 Å². The number of fused-ring (bicyclic) bond motifs is 1. The van der Waals surface area contributed by atoms with Crippen molar-refractivity contribution in [1.82, 2.24) is 37.2 Å². The van der Waals surface area contributed by atoms with Crippen LogP contribution in [0.15, 0.2) is 84.9 Å². The van der Waals surface area contributed by atoms with E-state index in [0.29, 0.717) is 18.1 Å². The maximum atomic E-state index is 14.6. The van der Waals surface area contributed by atoms with Crippen molar-refractivity contribution in [3.63, 3.8) is 0 Å². The molecule has 0 aliphatic heterocycles. The number of aromatic hydroxyl groups is 1. The number of rotatable bonds is 29. The van der Waals surface area contributed by atoms with E-state index in [1.54, 1.807) is 13.8 Å². The van der Waals surface area contributed by atoms with Crippen LogP contribution in [0.5, 0.6) is 5.75 Å². The molecule has 0 heterocycles. The number of carbonyl (C=O) groups is 8. The molecule has 9 atom stereocenters. The first-order valence-electron chi connectivity index (χ1n) is 24.5. The van der Waals surface area contributed by atoms with Crippen LogP contribution in [0.2, 0.25) is 0 Å². The number of hydrogen-bond donors (Lipinski definition) is 14. The van der Waals surface area contributed by atoms with Crippen molar-refractivity contribution in [2.75, 3.05) is 18.1 Å². The molecule has 0 spiro atoms. The Labute approximate surface area is 450 Å². The summed E-state index contributed by atoms with van der Waals surface area (Å²) in [6.07, 6.45) is -1.47. The van der Waals surface area contributed by atoms with E-state index < -0.39 is 126 Å². The SMILES string of the molecule is CC(C)[C@H](NC(=O)[C@H](CCCCN)NC(=O)[C@@H](Cc1cc(F)cc(F)c1)NC(=O)[C@H](Cc1ccc(O)cc1)NC(=O)[C@H](CS)NC(=O)[C@@H](N)Cc1ccc2ccccc2c1)C(=O)N[C@@H](CS)C(=O)N[C@H](C(N)=O)[C@@H](C)O. The highest BCUT2D eigenvalue weighted by Gasteiger charge is 2.35. The Morgan fingerprint density at radius 3 is 1.55 bits per heavy atom. The Kier molecular flexibility index (Phi) is 24.4. The summed E-state index contributed by atoms with van der Waals surface area (Å²) >= 11 is 8.43. The van der Waals surface area contributed by atoms with Crippen LogP contribution in [0.3, 0.4) is 0 Å². The number of aliphatic hydroxyl groups is 1. The number of hydrogen-bond acceptors (Lipinski definition) is 14. The van der Waals surface area contributed by atoms with Gasteiger partial charge in [-0.2, -0.15) is 25.3 Å². The van der Waals surface area contributed by atoms with Gasteiger partial charge in [-0.1, -0.05) is 68.4 Å². The highest BCUT2D eigenvalue weighted by Crippen LogP contribution is 2.18. The predicted octanol–water partition coefficient (Wildman–Crippen LogP) is 0.0831. The van der Waals surface area contributed by atoms with Gasteiger partial charge >= 0.3 is 0 Å². The Morgan fingerprint density at radius 2 is 1.01 bits per heavy atom. The average Bonchev–Trinajstić information content (AvgIpc) is 3.36. The molecule has 8 amide bonds. The number of benzene rings is 4. The number of phenols is 1. The second kappa shape index (κ2) is 30.0. The largest absolute Gasteiger partial charge is 0.508 e. The third-order valence-corrected chi connectivity index (χ3v) is 12.9. The monoisotopic (exact) mass is 1090 g/mol. The van der Waals surface area contributed by atoms with E-state index in [-0.39, 0.29) is 55.0 Å². The van der Waals surface area contributed by atoms with Gasteiger partial charge in [0.05, 0.1) is 12.1 Å². The Balaban J connectivity index is 1.60. The van der Waals surface area contributed by atoms with Crippen molar-refractivity contribution in [3.8, 4) is 5.75 Å². The standard InChI is InChI=1S/C52H68F2N10O10S2/c1-27(2)43(52(74)62-42(26-76)51(73)64-44(28(3)65)45(57)67)63-47(69)38(10-6-7-17-55)58-48(70)40(23-31-19-34(53)24-35(54)20-31)59-49(71)39(22-29-12-15-36(66)16-13-29)60-50(72)41(25-75)61-46(68)37(56)21-30-11-14-32-8-4-5-9-33(32)18-30/h4-5,8-9,11-16,18-20,24,27-28,37-44,65-66,75-76H,6-7,10,17,21-23,25-26,55-56H2,1-3H3,(H2,57,67)(H,58,70)(H,59,71)(H,60,72)(H,61,68)(H,62,74)(H,63,69)(H,64,73)/t28-,37+,38+,39+,40-,41+,42+,43+,44+/m1/s1. The molecular weight excluding hydrogens is 1030 g/mol. The normalized spacial score (nSPS) is 14.8. The fraction of sp³-hybridized carbons (Fsp3) is 0.423. The zero-order valence-electron chi connectivity index (χ0n) is 42.3. The first kappa shape index (κ1) is 61.7. The summed E-state index contributed by atoms with van der Waals surface area (Å²) in [6, 6.07) is 10.1. The molecule has 0 radical (unpaired) electrons. The number of carbonyl (C=O) groups excluding carboxylic acids is 8. The van der Waals surface area contributed by atoms with E-state index in [1.807, 2.05) is 42.5 Å². The highest BCUT2D eigenvalue weighted by atomic mass is 32.1. The molecule has 0 unspecified atom stereocenters. The maximum Gasteiger partial charge on any atom is 0.244 e. The van der Waals surface area contributed by atoms with Crippen molar-refractivity contribution in [3.05, 3.63) is 113 Å². The molecule has 0 bridgehead atoms. The van der Waals surface area contributed by atoms with Crippen LogP contribution in [0.1, 0.15) is 56.7 Å². The quantitative estimate of drug-likeness (QED) is 0.0254. The van der Waals surface area contributed by atoms with Crippen LogP contribution in [-0.4, -0.2) is 130 Å². The zero-order valence-corrected chi connectivity index (χ0v) is 44.1. The van der Waals surface area contributed by atoms with Gasteiger partial charge < -0.3 is 64.6 Å². The van der Waals surface area contributed by atoms with Gasteiger partial charge in [-0.05, 0) is 96.8 Å². The van der Waals surface area contributed by atoms with Gasteiger partial charge in [-0.15, -0.1) is 0 Å². The highest BCUT2D eigenvalue weighted by molar-refractivity contribution is 7.80. The first-order chi connectivity index (χ1) is 36.0. The summed E-state index contributed by atoms with van der Waals surface area (Å²) in [4.78, 5) is 109. The molecule has 20 nitrogen and oxygen atoms in total. The van der Waals surface area contributed by atoms with E-state index in [2.05, 4.69) is 62.5 Å². The number of aliphatic hydroxyl groups excluding tert-OH is 1. The van der Waals surface area contributed by atoms with E-state index in [1.165, 1.54) is 31.2 Å². The lowest BCUT2D eigenvalue weighted by atomic mass is 10.00. The summed E-state index contributed by atoms with van der Waals surface area (Å²) in [5, 5.41) is 39.5. The molecule has 4 aromatic rings. The van der Waals surface area contributed by atoms with Gasteiger partial charge in [-0.25, -0.2) is 8.78 Å². The number of primary amides is 1. The molecular formula is C52H68F2N10O10S2. The molecule has 76 heavy (non-hydrogen) atoms. The minimum atomic E-state index is -1.70. The topological polar surface area (TPSA) is 339 Å². The summed E-state index contributed by atoms with van der Waals surface area (Å²) in [7, 11) is 0. The van der Waals surface area contributed by atoms with Crippen molar-refractivity contribution < 1.29 is 57.4 Å². The number of nitrogens with one attached hydrogen (secondary N) is 7. The fourth-order valence-corrected chi connectivity index (χ4v) is 8.46. The molecule has 0 aliphatic rings.